The number of hydrogen-bond donors (Lipinski definition) is 1. The zero-order valence-electron chi connectivity index (χ0n) is 17.4. The van der Waals surface area contributed by atoms with Gasteiger partial charge in [-0.2, -0.15) is 9.57 Å². The van der Waals surface area contributed by atoms with E-state index in [0.717, 1.165) is 35.2 Å². The third kappa shape index (κ3) is 4.67. The molecule has 1 aromatic heterocycles. The predicted molar refractivity (Wildman–Crippen MR) is 125 cm³/mol. The van der Waals surface area contributed by atoms with Crippen molar-refractivity contribution in [1.29, 1.82) is 5.26 Å². The Kier molecular flexibility index (Phi) is 6.42. The maximum absolute atomic E-state index is 13.8. The van der Waals surface area contributed by atoms with Gasteiger partial charge in [0.1, 0.15) is 4.21 Å². The molecule has 0 saturated heterocycles. The van der Waals surface area contributed by atoms with Crippen LogP contribution >= 0.6 is 11.3 Å². The van der Waals surface area contributed by atoms with Crippen molar-refractivity contribution in [1.82, 2.24) is 4.31 Å². The van der Waals surface area contributed by atoms with E-state index in [1.54, 1.807) is 16.4 Å². The normalized spacial score (nSPS) is 16.7. The Morgan fingerprint density at radius 2 is 1.97 bits per heavy atom. The average molecular weight is 452 g/mol. The van der Waals surface area contributed by atoms with Gasteiger partial charge < -0.3 is 5.32 Å². The number of anilines is 1. The van der Waals surface area contributed by atoms with Crippen LogP contribution in [0.15, 0.2) is 64.2 Å². The van der Waals surface area contributed by atoms with Crippen LogP contribution in [-0.4, -0.2) is 25.3 Å². The third-order valence-corrected chi connectivity index (χ3v) is 8.90. The number of sulfonamides is 1. The summed E-state index contributed by atoms with van der Waals surface area (Å²) in [6.45, 7) is 2.82. The van der Waals surface area contributed by atoms with Gasteiger partial charge >= 0.3 is 0 Å². The largest absolute Gasteiger partial charge is 0.383 e. The molecule has 0 saturated carbocycles. The summed E-state index contributed by atoms with van der Waals surface area (Å²) in [7, 11) is -3.69. The molecule has 2 aromatic carbocycles. The van der Waals surface area contributed by atoms with Crippen molar-refractivity contribution in [3.05, 3.63) is 82.2 Å². The van der Waals surface area contributed by atoms with Gasteiger partial charge in [-0.25, -0.2) is 8.42 Å². The Bertz CT molecular complexity index is 1200. The maximum Gasteiger partial charge on any atom is 0.253 e. The van der Waals surface area contributed by atoms with Gasteiger partial charge in [-0.05, 0) is 59.2 Å². The number of nitrogens with one attached hydrogen (secondary N) is 1. The SMILES string of the molecule is CCCc1csc(S(=O)(=O)N2Cc3cc(C#N)ccc3NCC2Cc2ccccc2)c1. The third-order valence-electron chi connectivity index (χ3n) is 5.54. The molecule has 2 heterocycles. The number of benzene rings is 2. The molecule has 4 rings (SSSR count). The predicted octanol–water partition coefficient (Wildman–Crippen LogP) is 4.80. The summed E-state index contributed by atoms with van der Waals surface area (Å²) in [5, 5.41) is 14.7. The first kappa shape index (κ1) is 21.6. The molecule has 1 aliphatic rings. The van der Waals surface area contributed by atoms with Gasteiger partial charge in [0.15, 0.2) is 0 Å². The van der Waals surface area contributed by atoms with E-state index in [9.17, 15) is 13.7 Å². The van der Waals surface area contributed by atoms with Crippen LogP contribution in [0.3, 0.4) is 0 Å². The van der Waals surface area contributed by atoms with Crippen molar-refractivity contribution in [2.75, 3.05) is 11.9 Å². The van der Waals surface area contributed by atoms with Crippen LogP contribution in [0.25, 0.3) is 0 Å². The van der Waals surface area contributed by atoms with Crippen LogP contribution in [-0.2, 0) is 29.4 Å². The maximum atomic E-state index is 13.8. The van der Waals surface area contributed by atoms with E-state index in [4.69, 9.17) is 0 Å². The molecule has 0 aliphatic carbocycles. The van der Waals surface area contributed by atoms with Gasteiger partial charge in [0, 0.05) is 24.8 Å². The molecule has 1 atom stereocenters. The van der Waals surface area contributed by atoms with E-state index in [1.807, 2.05) is 47.8 Å². The molecule has 0 spiro atoms. The summed E-state index contributed by atoms with van der Waals surface area (Å²) >= 11 is 1.29. The summed E-state index contributed by atoms with van der Waals surface area (Å²) in [6.07, 6.45) is 2.46. The van der Waals surface area contributed by atoms with Gasteiger partial charge in [0.25, 0.3) is 10.0 Å². The lowest BCUT2D eigenvalue weighted by Gasteiger charge is -2.28. The summed E-state index contributed by atoms with van der Waals surface area (Å²) in [5.41, 5.74) is 4.39. The fourth-order valence-electron chi connectivity index (χ4n) is 3.96. The van der Waals surface area contributed by atoms with Gasteiger partial charge in [-0.3, -0.25) is 0 Å². The molecule has 1 N–H and O–H groups in total. The van der Waals surface area contributed by atoms with Crippen LogP contribution in [0.2, 0.25) is 0 Å². The molecule has 0 fully saturated rings. The molecular weight excluding hydrogens is 426 g/mol. The van der Waals surface area contributed by atoms with E-state index >= 15 is 0 Å². The van der Waals surface area contributed by atoms with Crippen LogP contribution < -0.4 is 5.32 Å². The van der Waals surface area contributed by atoms with Crippen molar-refractivity contribution in [3.63, 3.8) is 0 Å². The minimum Gasteiger partial charge on any atom is -0.383 e. The van der Waals surface area contributed by atoms with Crippen LogP contribution in [0, 0.1) is 11.3 Å². The number of rotatable bonds is 6. The minimum atomic E-state index is -3.69. The first-order valence-corrected chi connectivity index (χ1v) is 12.7. The van der Waals surface area contributed by atoms with E-state index in [0.29, 0.717) is 22.7 Å². The molecule has 0 radical (unpaired) electrons. The quantitative estimate of drug-likeness (QED) is 0.584. The standard InChI is InChI=1S/C24H25N3O2S2/c1-2-6-20-13-24(30-17-20)31(28,29)27-16-21-11-19(14-25)9-10-23(21)26-15-22(27)12-18-7-4-3-5-8-18/h3-5,7-11,13,17,22,26H,2,6,12,15-16H2,1H3. The smallest absolute Gasteiger partial charge is 0.253 e. The Morgan fingerprint density at radius 3 is 2.71 bits per heavy atom. The zero-order valence-corrected chi connectivity index (χ0v) is 19.0. The van der Waals surface area contributed by atoms with Crippen molar-refractivity contribution in [2.45, 2.75) is 43.0 Å². The Hall–Kier alpha value is -2.66. The monoisotopic (exact) mass is 451 g/mol. The molecule has 31 heavy (non-hydrogen) atoms. The molecule has 1 aliphatic heterocycles. The molecular formula is C24H25N3O2S2. The second-order valence-electron chi connectivity index (χ2n) is 7.78. The van der Waals surface area contributed by atoms with Gasteiger partial charge in [0.2, 0.25) is 0 Å². The highest BCUT2D eigenvalue weighted by atomic mass is 32.2. The van der Waals surface area contributed by atoms with Gasteiger partial charge in [-0.1, -0.05) is 43.7 Å². The summed E-state index contributed by atoms with van der Waals surface area (Å²) in [5.74, 6) is 0. The van der Waals surface area contributed by atoms with E-state index in [1.165, 1.54) is 11.3 Å². The van der Waals surface area contributed by atoms with Gasteiger partial charge in [-0.15, -0.1) is 11.3 Å². The molecule has 0 amide bonds. The molecule has 1 unspecified atom stereocenters. The Morgan fingerprint density at radius 1 is 1.16 bits per heavy atom. The topological polar surface area (TPSA) is 73.2 Å². The number of nitriles is 1. The molecule has 7 heteroatoms. The van der Waals surface area contributed by atoms with Gasteiger partial charge in [0.05, 0.1) is 11.6 Å². The molecule has 3 aromatic rings. The van der Waals surface area contributed by atoms with Crippen LogP contribution in [0.4, 0.5) is 5.69 Å². The highest BCUT2D eigenvalue weighted by Gasteiger charge is 2.35. The van der Waals surface area contributed by atoms with E-state index in [-0.39, 0.29) is 12.6 Å². The number of hydrogen-bond acceptors (Lipinski definition) is 5. The van der Waals surface area contributed by atoms with Crippen molar-refractivity contribution >= 4 is 27.0 Å². The summed E-state index contributed by atoms with van der Waals surface area (Å²) < 4.78 is 29.5. The Labute approximate surface area is 188 Å². The fraction of sp³-hybridized carbons (Fsp3) is 0.292. The summed E-state index contributed by atoms with van der Waals surface area (Å²) in [4.78, 5) is 0. The number of fused-ring (bicyclic) bond motifs is 1. The zero-order chi connectivity index (χ0) is 21.8. The van der Waals surface area contributed by atoms with Crippen molar-refractivity contribution in [2.24, 2.45) is 0 Å². The minimum absolute atomic E-state index is 0.235. The average Bonchev–Trinajstić information content (AvgIpc) is 3.18. The van der Waals surface area contributed by atoms with Crippen LogP contribution in [0.5, 0.6) is 0 Å². The highest BCUT2D eigenvalue weighted by molar-refractivity contribution is 7.91. The number of aryl methyl sites for hydroxylation is 1. The van der Waals surface area contributed by atoms with E-state index < -0.39 is 10.0 Å². The molecule has 160 valence electrons. The van der Waals surface area contributed by atoms with Crippen molar-refractivity contribution < 1.29 is 8.42 Å². The fourth-order valence-corrected chi connectivity index (χ4v) is 6.93. The second kappa shape index (κ2) is 9.23. The molecule has 0 bridgehead atoms. The van der Waals surface area contributed by atoms with Crippen molar-refractivity contribution in [3.8, 4) is 6.07 Å². The highest BCUT2D eigenvalue weighted by Crippen LogP contribution is 2.32. The first-order valence-electron chi connectivity index (χ1n) is 10.4. The number of thiophene rings is 1. The summed E-state index contributed by atoms with van der Waals surface area (Å²) in [6, 6.07) is 19.1. The molecule has 5 nitrogen and oxygen atoms in total. The lowest BCUT2D eigenvalue weighted by Crippen LogP contribution is -2.43. The first-order chi connectivity index (χ1) is 15.0. The lowest BCUT2D eigenvalue weighted by atomic mass is 10.1. The van der Waals surface area contributed by atoms with E-state index in [2.05, 4.69) is 18.3 Å². The Balaban J connectivity index is 1.74. The second-order valence-corrected chi connectivity index (χ2v) is 10.8. The lowest BCUT2D eigenvalue weighted by molar-refractivity contribution is 0.326. The number of nitrogens with zero attached hydrogens (tertiary/aromatic N) is 2. The van der Waals surface area contributed by atoms with Crippen LogP contribution in [0.1, 0.15) is 35.6 Å².